The maximum Gasteiger partial charge on any atom is 0.408 e. The summed E-state index contributed by atoms with van der Waals surface area (Å²) in [7, 11) is 0. The highest BCUT2D eigenvalue weighted by atomic mass is 16.5. The number of hydrogen-bond donors (Lipinski definition) is 1. The van der Waals surface area contributed by atoms with Crippen molar-refractivity contribution in [2.24, 2.45) is 0 Å². The highest BCUT2D eigenvalue weighted by Gasteiger charge is 2.35. The minimum absolute atomic E-state index is 0.184. The second kappa shape index (κ2) is 5.73. The third-order valence-corrected chi connectivity index (χ3v) is 3.27. The van der Waals surface area contributed by atoms with Crippen molar-refractivity contribution in [2.45, 2.75) is 32.4 Å². The Hall–Kier alpha value is -2.04. The molecular formula is C14H17NO4. The Kier molecular flexibility index (Phi) is 4.04. The summed E-state index contributed by atoms with van der Waals surface area (Å²) in [5.74, 6) is -0.458. The topological polar surface area (TPSA) is 66.8 Å². The Bertz CT molecular complexity index is 469. The molecule has 1 atom stereocenters. The Balaban J connectivity index is 1.90. The number of hydrogen-bond acceptors (Lipinski definition) is 3. The van der Waals surface area contributed by atoms with E-state index in [2.05, 4.69) is 0 Å². The molecule has 2 rings (SSSR count). The number of amides is 1. The summed E-state index contributed by atoms with van der Waals surface area (Å²) < 4.78 is 5.19. The van der Waals surface area contributed by atoms with Crippen LogP contribution in [0, 0.1) is 6.92 Å². The molecule has 1 saturated heterocycles. The smallest absolute Gasteiger partial charge is 0.408 e. The van der Waals surface area contributed by atoms with Gasteiger partial charge in [0.2, 0.25) is 0 Å². The van der Waals surface area contributed by atoms with Gasteiger partial charge in [0.25, 0.3) is 0 Å². The molecule has 1 aliphatic heterocycles. The highest BCUT2D eigenvalue weighted by Crippen LogP contribution is 2.19. The van der Waals surface area contributed by atoms with E-state index in [1.54, 1.807) is 0 Å². The van der Waals surface area contributed by atoms with Gasteiger partial charge in [-0.1, -0.05) is 29.8 Å². The summed E-state index contributed by atoms with van der Waals surface area (Å²) >= 11 is 0. The lowest BCUT2D eigenvalue weighted by molar-refractivity contribution is -0.149. The Morgan fingerprint density at radius 2 is 2.05 bits per heavy atom. The molecule has 102 valence electrons. The largest absolute Gasteiger partial charge is 0.465 e. The second-order valence-corrected chi connectivity index (χ2v) is 4.73. The zero-order valence-corrected chi connectivity index (χ0v) is 10.8. The van der Waals surface area contributed by atoms with Crippen LogP contribution in [0.4, 0.5) is 4.79 Å². The lowest BCUT2D eigenvalue weighted by atomic mass is 10.2. The van der Waals surface area contributed by atoms with Gasteiger partial charge in [-0.15, -0.1) is 0 Å². The molecule has 19 heavy (non-hydrogen) atoms. The first-order chi connectivity index (χ1) is 9.08. The van der Waals surface area contributed by atoms with Gasteiger partial charge in [-0.25, -0.2) is 9.59 Å². The fourth-order valence-corrected chi connectivity index (χ4v) is 2.18. The zero-order chi connectivity index (χ0) is 13.8. The predicted octanol–water partition coefficient (Wildman–Crippen LogP) is 2.18. The normalized spacial score (nSPS) is 18.4. The molecule has 1 heterocycles. The highest BCUT2D eigenvalue weighted by molar-refractivity contribution is 5.81. The summed E-state index contributed by atoms with van der Waals surface area (Å²) in [6, 6.07) is 7.03. The van der Waals surface area contributed by atoms with Crippen molar-refractivity contribution >= 4 is 12.1 Å². The number of esters is 1. The summed E-state index contributed by atoms with van der Waals surface area (Å²) in [5.41, 5.74) is 2.04. The molecule has 5 heteroatoms. The molecule has 0 spiro atoms. The van der Waals surface area contributed by atoms with Gasteiger partial charge in [0, 0.05) is 6.54 Å². The molecule has 1 fully saturated rings. The van der Waals surface area contributed by atoms with E-state index in [0.717, 1.165) is 16.0 Å². The van der Waals surface area contributed by atoms with Crippen molar-refractivity contribution in [2.75, 3.05) is 6.54 Å². The van der Waals surface area contributed by atoms with Crippen molar-refractivity contribution in [3.63, 3.8) is 0 Å². The average molecular weight is 263 g/mol. The molecule has 5 nitrogen and oxygen atoms in total. The fraction of sp³-hybridized carbons (Fsp3) is 0.429. The molecule has 1 aliphatic rings. The summed E-state index contributed by atoms with van der Waals surface area (Å²) in [4.78, 5) is 24.0. The van der Waals surface area contributed by atoms with Gasteiger partial charge in [-0.2, -0.15) is 0 Å². The van der Waals surface area contributed by atoms with Crippen molar-refractivity contribution in [1.82, 2.24) is 4.90 Å². The van der Waals surface area contributed by atoms with Gasteiger partial charge in [0.05, 0.1) is 0 Å². The summed E-state index contributed by atoms with van der Waals surface area (Å²) in [6.07, 6.45) is 0.185. The quantitative estimate of drug-likeness (QED) is 0.849. The van der Waals surface area contributed by atoms with Crippen LogP contribution in [-0.2, 0) is 16.1 Å². The number of aryl methyl sites for hydroxylation is 1. The minimum atomic E-state index is -1.06. The molecule has 1 aromatic carbocycles. The van der Waals surface area contributed by atoms with E-state index in [-0.39, 0.29) is 6.61 Å². The molecule has 1 N–H and O–H groups in total. The Morgan fingerprint density at radius 3 is 2.68 bits per heavy atom. The number of carboxylic acid groups (broad SMARTS) is 1. The van der Waals surface area contributed by atoms with E-state index in [4.69, 9.17) is 9.84 Å². The van der Waals surface area contributed by atoms with Crippen LogP contribution >= 0.6 is 0 Å². The van der Waals surface area contributed by atoms with E-state index >= 15 is 0 Å². The van der Waals surface area contributed by atoms with E-state index in [9.17, 15) is 9.59 Å². The molecule has 1 aromatic rings. The molecule has 0 bridgehead atoms. The molecule has 1 amide bonds. The molecule has 1 unspecified atom stereocenters. The van der Waals surface area contributed by atoms with Gasteiger partial charge >= 0.3 is 12.1 Å². The average Bonchev–Trinajstić information content (AvgIpc) is 2.87. The molecule has 0 radical (unpaired) electrons. The standard InChI is InChI=1S/C14H17NO4/c1-10-4-6-11(7-5-10)9-19-13(16)12-3-2-8-15(12)14(17)18/h4-7,12H,2-3,8-9H2,1H3,(H,17,18). The number of rotatable bonds is 3. The lowest BCUT2D eigenvalue weighted by Gasteiger charge is -2.19. The lowest BCUT2D eigenvalue weighted by Crippen LogP contribution is -2.40. The fourth-order valence-electron chi connectivity index (χ4n) is 2.18. The second-order valence-electron chi connectivity index (χ2n) is 4.73. The number of carbonyl (C=O) groups is 2. The van der Waals surface area contributed by atoms with Crippen molar-refractivity contribution in [3.8, 4) is 0 Å². The zero-order valence-electron chi connectivity index (χ0n) is 10.8. The van der Waals surface area contributed by atoms with Crippen LogP contribution in [0.3, 0.4) is 0 Å². The van der Waals surface area contributed by atoms with E-state index < -0.39 is 18.1 Å². The monoisotopic (exact) mass is 263 g/mol. The Labute approximate surface area is 111 Å². The van der Waals surface area contributed by atoms with Crippen molar-refractivity contribution < 1.29 is 19.4 Å². The van der Waals surface area contributed by atoms with Gasteiger partial charge in [0.15, 0.2) is 0 Å². The van der Waals surface area contributed by atoms with Crippen LogP contribution < -0.4 is 0 Å². The van der Waals surface area contributed by atoms with Crippen LogP contribution in [0.2, 0.25) is 0 Å². The molecular weight excluding hydrogens is 246 g/mol. The number of ether oxygens (including phenoxy) is 1. The minimum Gasteiger partial charge on any atom is -0.465 e. The van der Waals surface area contributed by atoms with E-state index in [0.29, 0.717) is 19.4 Å². The third kappa shape index (κ3) is 3.24. The first kappa shape index (κ1) is 13.4. The third-order valence-electron chi connectivity index (χ3n) is 3.27. The summed E-state index contributed by atoms with van der Waals surface area (Å²) in [5, 5.41) is 8.97. The van der Waals surface area contributed by atoms with Crippen LogP contribution in [-0.4, -0.2) is 34.7 Å². The van der Waals surface area contributed by atoms with E-state index in [1.807, 2.05) is 31.2 Å². The van der Waals surface area contributed by atoms with Gasteiger partial charge < -0.3 is 9.84 Å². The van der Waals surface area contributed by atoms with E-state index in [1.165, 1.54) is 0 Å². The van der Waals surface area contributed by atoms with Crippen LogP contribution in [0.5, 0.6) is 0 Å². The van der Waals surface area contributed by atoms with Gasteiger partial charge in [-0.3, -0.25) is 4.90 Å². The van der Waals surface area contributed by atoms with Crippen molar-refractivity contribution in [3.05, 3.63) is 35.4 Å². The molecule has 0 saturated carbocycles. The number of carbonyl (C=O) groups excluding carboxylic acids is 1. The van der Waals surface area contributed by atoms with Crippen LogP contribution in [0.15, 0.2) is 24.3 Å². The molecule has 0 aromatic heterocycles. The number of benzene rings is 1. The SMILES string of the molecule is Cc1ccc(COC(=O)C2CCCN2C(=O)O)cc1. The maximum atomic E-state index is 11.9. The maximum absolute atomic E-state index is 11.9. The first-order valence-electron chi connectivity index (χ1n) is 6.29. The summed E-state index contributed by atoms with van der Waals surface area (Å²) in [6.45, 7) is 2.57. The first-order valence-corrected chi connectivity index (χ1v) is 6.29. The Morgan fingerprint density at radius 1 is 1.37 bits per heavy atom. The predicted molar refractivity (Wildman–Crippen MR) is 68.7 cm³/mol. The van der Waals surface area contributed by atoms with Gasteiger partial charge in [-0.05, 0) is 25.3 Å². The van der Waals surface area contributed by atoms with Crippen LogP contribution in [0.1, 0.15) is 24.0 Å². The molecule has 0 aliphatic carbocycles. The number of nitrogens with zero attached hydrogens (tertiary/aromatic N) is 1. The number of likely N-dealkylation sites (tertiary alicyclic amines) is 1. The van der Waals surface area contributed by atoms with Crippen molar-refractivity contribution in [1.29, 1.82) is 0 Å². The van der Waals surface area contributed by atoms with Crippen LogP contribution in [0.25, 0.3) is 0 Å². The van der Waals surface area contributed by atoms with Gasteiger partial charge in [0.1, 0.15) is 12.6 Å².